The molecule has 7 heteroatoms. The third-order valence-corrected chi connectivity index (χ3v) is 3.53. The largest absolute Gasteiger partial charge is 0.409 e. The van der Waals surface area contributed by atoms with Gasteiger partial charge in [0, 0.05) is 17.1 Å². The Morgan fingerprint density at radius 1 is 1.30 bits per heavy atom. The van der Waals surface area contributed by atoms with E-state index >= 15 is 0 Å². The third kappa shape index (κ3) is 2.43. The molecule has 2 heterocycles. The van der Waals surface area contributed by atoms with Crippen LogP contribution in [0.4, 0.5) is 0 Å². The number of H-pyrrole nitrogens is 1. The number of para-hydroxylation sites is 1. The van der Waals surface area contributed by atoms with Crippen LogP contribution in [-0.4, -0.2) is 26.0 Å². The fourth-order valence-electron chi connectivity index (χ4n) is 1.78. The monoisotopic (exact) mass is 285 g/mol. The number of nitrogens with two attached hydrogens (primary N) is 1. The van der Waals surface area contributed by atoms with Gasteiger partial charge in [-0.15, -0.1) is 0 Å². The summed E-state index contributed by atoms with van der Waals surface area (Å²) in [4.78, 5) is 11.7. The van der Waals surface area contributed by atoms with E-state index in [9.17, 15) is 0 Å². The summed E-state index contributed by atoms with van der Waals surface area (Å²) in [5.74, 6) is -0.0362. The van der Waals surface area contributed by atoms with Crippen LogP contribution in [0.25, 0.3) is 10.9 Å². The van der Waals surface area contributed by atoms with Gasteiger partial charge >= 0.3 is 0 Å². The van der Waals surface area contributed by atoms with Crippen LogP contribution in [0.3, 0.4) is 0 Å². The molecular weight excluding hydrogens is 274 g/mol. The first-order chi connectivity index (χ1) is 9.76. The highest BCUT2D eigenvalue weighted by molar-refractivity contribution is 7.99. The number of benzene rings is 1. The standard InChI is InChI=1S/C13H11N5OS/c14-12(18-19)10-5-6-15-13(17-10)20-11-7-8-3-1-2-4-9(8)16-11/h1-7,16,19H,(H2,14,18). The first kappa shape index (κ1) is 12.5. The molecule has 0 saturated heterocycles. The fraction of sp³-hybridized carbons (Fsp3) is 0. The molecule has 20 heavy (non-hydrogen) atoms. The van der Waals surface area contributed by atoms with Gasteiger partial charge in [0.05, 0.1) is 5.03 Å². The molecular formula is C13H11N5OS. The molecule has 0 radical (unpaired) electrons. The Kier molecular flexibility index (Phi) is 3.26. The predicted molar refractivity (Wildman–Crippen MR) is 77.0 cm³/mol. The maximum absolute atomic E-state index is 8.65. The summed E-state index contributed by atoms with van der Waals surface area (Å²) in [5.41, 5.74) is 6.96. The summed E-state index contributed by atoms with van der Waals surface area (Å²) >= 11 is 1.39. The van der Waals surface area contributed by atoms with Crippen molar-refractivity contribution in [1.29, 1.82) is 0 Å². The topological polar surface area (TPSA) is 100 Å². The molecule has 2 aromatic heterocycles. The van der Waals surface area contributed by atoms with Crippen molar-refractivity contribution < 1.29 is 5.21 Å². The first-order valence-corrected chi connectivity index (χ1v) is 6.64. The lowest BCUT2D eigenvalue weighted by atomic mass is 10.3. The number of hydrogen-bond donors (Lipinski definition) is 3. The molecule has 0 fully saturated rings. The van der Waals surface area contributed by atoms with Crippen molar-refractivity contribution in [3.63, 3.8) is 0 Å². The number of rotatable bonds is 3. The molecule has 1 aromatic carbocycles. The number of aromatic amines is 1. The molecule has 3 aromatic rings. The van der Waals surface area contributed by atoms with Gasteiger partial charge in [-0.25, -0.2) is 9.97 Å². The molecule has 3 rings (SSSR count). The number of aromatic nitrogens is 3. The van der Waals surface area contributed by atoms with Gasteiger partial charge in [0.2, 0.25) is 0 Å². The second-order valence-electron chi connectivity index (χ2n) is 4.03. The van der Waals surface area contributed by atoms with Gasteiger partial charge in [-0.3, -0.25) is 0 Å². The Hall–Kier alpha value is -2.54. The summed E-state index contributed by atoms with van der Waals surface area (Å²) in [6.45, 7) is 0. The molecule has 0 aliphatic rings. The van der Waals surface area contributed by atoms with E-state index in [2.05, 4.69) is 20.1 Å². The van der Waals surface area contributed by atoms with Gasteiger partial charge < -0.3 is 15.9 Å². The van der Waals surface area contributed by atoms with Crippen LogP contribution in [0.2, 0.25) is 0 Å². The van der Waals surface area contributed by atoms with E-state index in [0.717, 1.165) is 15.9 Å². The predicted octanol–water partition coefficient (Wildman–Crippen LogP) is 2.20. The van der Waals surface area contributed by atoms with Crippen molar-refractivity contribution in [2.45, 2.75) is 10.2 Å². The number of fused-ring (bicyclic) bond motifs is 1. The quantitative estimate of drug-likeness (QED) is 0.225. The number of nitrogens with zero attached hydrogens (tertiary/aromatic N) is 3. The Labute approximate surface area is 118 Å². The van der Waals surface area contributed by atoms with Crippen LogP contribution < -0.4 is 5.73 Å². The summed E-state index contributed by atoms with van der Waals surface area (Å²) in [5, 5.41) is 14.2. The summed E-state index contributed by atoms with van der Waals surface area (Å²) in [7, 11) is 0. The van der Waals surface area contributed by atoms with Gasteiger partial charge in [0.25, 0.3) is 0 Å². The van der Waals surface area contributed by atoms with Crippen molar-refractivity contribution in [3.05, 3.63) is 48.3 Å². The molecule has 0 aliphatic carbocycles. The van der Waals surface area contributed by atoms with E-state index in [4.69, 9.17) is 10.9 Å². The van der Waals surface area contributed by atoms with E-state index in [1.165, 1.54) is 11.8 Å². The van der Waals surface area contributed by atoms with Gasteiger partial charge in [0.1, 0.15) is 5.69 Å². The van der Waals surface area contributed by atoms with E-state index in [0.29, 0.717) is 10.9 Å². The van der Waals surface area contributed by atoms with E-state index < -0.39 is 0 Å². The van der Waals surface area contributed by atoms with E-state index in [1.54, 1.807) is 12.3 Å². The number of oxime groups is 1. The first-order valence-electron chi connectivity index (χ1n) is 5.83. The molecule has 6 nitrogen and oxygen atoms in total. The van der Waals surface area contributed by atoms with Crippen LogP contribution in [-0.2, 0) is 0 Å². The Bertz CT molecular complexity index is 750. The lowest BCUT2D eigenvalue weighted by molar-refractivity contribution is 0.318. The highest BCUT2D eigenvalue weighted by atomic mass is 32.2. The van der Waals surface area contributed by atoms with Crippen LogP contribution >= 0.6 is 11.8 Å². The molecule has 0 aliphatic heterocycles. The summed E-state index contributed by atoms with van der Waals surface area (Å²) < 4.78 is 0. The minimum Gasteiger partial charge on any atom is -0.409 e. The minimum absolute atomic E-state index is 0.0362. The fourth-order valence-corrected chi connectivity index (χ4v) is 2.59. The average molecular weight is 285 g/mol. The summed E-state index contributed by atoms with van der Waals surface area (Å²) in [6, 6.07) is 11.6. The van der Waals surface area contributed by atoms with Crippen molar-refractivity contribution in [1.82, 2.24) is 15.0 Å². The van der Waals surface area contributed by atoms with Crippen LogP contribution in [0.5, 0.6) is 0 Å². The Balaban J connectivity index is 1.90. The van der Waals surface area contributed by atoms with E-state index in [1.807, 2.05) is 30.3 Å². The molecule has 0 unspecified atom stereocenters. The average Bonchev–Trinajstić information content (AvgIpc) is 2.88. The lowest BCUT2D eigenvalue weighted by Gasteiger charge is -2.00. The smallest absolute Gasteiger partial charge is 0.194 e. The third-order valence-electron chi connectivity index (χ3n) is 2.71. The highest BCUT2D eigenvalue weighted by Gasteiger charge is 2.07. The van der Waals surface area contributed by atoms with Gasteiger partial charge in [-0.2, -0.15) is 0 Å². The maximum atomic E-state index is 8.65. The SMILES string of the molecule is N/C(=N/O)c1ccnc(Sc2cc3ccccc3[nH]2)n1. The molecule has 4 N–H and O–H groups in total. The van der Waals surface area contributed by atoms with E-state index in [-0.39, 0.29) is 5.84 Å². The number of amidine groups is 1. The van der Waals surface area contributed by atoms with Crippen LogP contribution in [0.15, 0.2) is 57.9 Å². The number of hydrogen-bond acceptors (Lipinski definition) is 5. The van der Waals surface area contributed by atoms with Gasteiger partial charge in [-0.1, -0.05) is 23.4 Å². The zero-order valence-electron chi connectivity index (χ0n) is 10.3. The molecule has 0 amide bonds. The van der Waals surface area contributed by atoms with Crippen molar-refractivity contribution in [2.24, 2.45) is 10.9 Å². The Morgan fingerprint density at radius 3 is 2.95 bits per heavy atom. The summed E-state index contributed by atoms with van der Waals surface area (Å²) in [6.07, 6.45) is 1.57. The normalized spacial score (nSPS) is 11.9. The molecule has 0 bridgehead atoms. The second-order valence-corrected chi connectivity index (χ2v) is 5.04. The van der Waals surface area contributed by atoms with Gasteiger partial charge in [0.15, 0.2) is 11.0 Å². The highest BCUT2D eigenvalue weighted by Crippen LogP contribution is 2.27. The Morgan fingerprint density at radius 2 is 2.15 bits per heavy atom. The lowest BCUT2D eigenvalue weighted by Crippen LogP contribution is -2.15. The second kappa shape index (κ2) is 5.22. The maximum Gasteiger partial charge on any atom is 0.194 e. The van der Waals surface area contributed by atoms with Crippen molar-refractivity contribution >= 4 is 28.5 Å². The number of nitrogens with one attached hydrogen (secondary N) is 1. The van der Waals surface area contributed by atoms with Crippen molar-refractivity contribution in [3.8, 4) is 0 Å². The zero-order chi connectivity index (χ0) is 13.9. The van der Waals surface area contributed by atoms with Crippen LogP contribution in [0, 0.1) is 0 Å². The molecule has 100 valence electrons. The molecule has 0 atom stereocenters. The minimum atomic E-state index is -0.0362. The zero-order valence-corrected chi connectivity index (χ0v) is 11.1. The molecule has 0 spiro atoms. The van der Waals surface area contributed by atoms with Crippen LogP contribution in [0.1, 0.15) is 5.69 Å². The van der Waals surface area contributed by atoms with Gasteiger partial charge in [-0.05, 0) is 30.0 Å². The van der Waals surface area contributed by atoms with Crippen molar-refractivity contribution in [2.75, 3.05) is 0 Å². The molecule has 0 saturated carbocycles.